The highest BCUT2D eigenvalue weighted by molar-refractivity contribution is 7.99. The molecule has 148 valence electrons. The van der Waals surface area contributed by atoms with Crippen molar-refractivity contribution in [1.82, 2.24) is 20.1 Å². The van der Waals surface area contributed by atoms with E-state index in [4.69, 9.17) is 0 Å². The van der Waals surface area contributed by atoms with Gasteiger partial charge in [0.05, 0.1) is 23.3 Å². The van der Waals surface area contributed by atoms with Crippen molar-refractivity contribution in [2.45, 2.75) is 55.6 Å². The molecule has 0 spiro atoms. The second-order valence-corrected chi connectivity index (χ2v) is 10.7. The third kappa shape index (κ3) is 5.02. The molecule has 2 heterocycles. The van der Waals surface area contributed by atoms with E-state index in [1.807, 2.05) is 11.6 Å². The maximum atomic E-state index is 12.3. The van der Waals surface area contributed by atoms with E-state index >= 15 is 0 Å². The van der Waals surface area contributed by atoms with Crippen molar-refractivity contribution in [1.29, 1.82) is 5.26 Å². The van der Waals surface area contributed by atoms with Crippen LogP contribution in [0.4, 0.5) is 0 Å². The first-order valence-corrected chi connectivity index (χ1v) is 12.1. The van der Waals surface area contributed by atoms with E-state index in [9.17, 15) is 18.5 Å². The number of nitrogens with one attached hydrogen (secondary N) is 1. The molecule has 1 N–H and O–H groups in total. The zero-order chi connectivity index (χ0) is 19.5. The van der Waals surface area contributed by atoms with Crippen molar-refractivity contribution in [3.8, 4) is 6.07 Å². The van der Waals surface area contributed by atoms with Gasteiger partial charge in [-0.3, -0.25) is 4.79 Å². The number of nitrogens with zero attached hydrogens (tertiary/aromatic N) is 4. The highest BCUT2D eigenvalue weighted by atomic mass is 32.2. The summed E-state index contributed by atoms with van der Waals surface area (Å²) in [4.78, 5) is 12.3. The van der Waals surface area contributed by atoms with Crippen molar-refractivity contribution >= 4 is 27.5 Å². The minimum Gasteiger partial charge on any atom is -0.337 e. The van der Waals surface area contributed by atoms with Crippen LogP contribution in [-0.2, 0) is 28.1 Å². The lowest BCUT2D eigenvalue weighted by atomic mass is 9.83. The number of nitriles is 1. The second kappa shape index (κ2) is 8.19. The molecule has 1 aliphatic heterocycles. The van der Waals surface area contributed by atoms with Crippen LogP contribution in [0.2, 0.25) is 0 Å². The Balaban J connectivity index is 1.53. The number of carbonyl (C=O) groups is 1. The average molecular weight is 412 g/mol. The topological polar surface area (TPSA) is 118 Å². The lowest BCUT2D eigenvalue weighted by molar-refractivity contribution is -0.120. The predicted octanol–water partition coefficient (Wildman–Crippen LogP) is 1.23. The zero-order valence-electron chi connectivity index (χ0n) is 15.5. The van der Waals surface area contributed by atoms with E-state index in [2.05, 4.69) is 21.6 Å². The van der Waals surface area contributed by atoms with E-state index in [-0.39, 0.29) is 29.1 Å². The van der Waals surface area contributed by atoms with Gasteiger partial charge in [0.1, 0.15) is 11.4 Å². The number of aromatic nitrogens is 3. The molecule has 1 aromatic rings. The molecule has 1 aromatic heterocycles. The van der Waals surface area contributed by atoms with Gasteiger partial charge in [-0.1, -0.05) is 31.0 Å². The third-order valence-electron chi connectivity index (χ3n) is 5.36. The molecule has 8 nitrogen and oxygen atoms in total. The van der Waals surface area contributed by atoms with Crippen LogP contribution in [0.3, 0.4) is 0 Å². The maximum absolute atomic E-state index is 12.3. The van der Waals surface area contributed by atoms with Crippen LogP contribution in [0.5, 0.6) is 0 Å². The van der Waals surface area contributed by atoms with E-state index in [0.717, 1.165) is 25.1 Å². The largest absolute Gasteiger partial charge is 0.337 e. The fourth-order valence-electron chi connectivity index (χ4n) is 3.79. The quantitative estimate of drug-likeness (QED) is 0.699. The van der Waals surface area contributed by atoms with Crippen molar-refractivity contribution in [2.75, 3.05) is 17.3 Å². The first kappa shape index (κ1) is 20.1. The van der Waals surface area contributed by atoms with Crippen LogP contribution in [0.1, 0.15) is 44.3 Å². The number of sulfone groups is 1. The van der Waals surface area contributed by atoms with Gasteiger partial charge >= 0.3 is 0 Å². The average Bonchev–Trinajstić information content (AvgIpc) is 3.16. The van der Waals surface area contributed by atoms with E-state index in [0.29, 0.717) is 30.8 Å². The molecule has 2 fully saturated rings. The number of amides is 1. The van der Waals surface area contributed by atoms with Gasteiger partial charge in [0.15, 0.2) is 15.0 Å². The van der Waals surface area contributed by atoms with Crippen LogP contribution >= 0.6 is 11.8 Å². The van der Waals surface area contributed by atoms with E-state index in [1.165, 1.54) is 11.8 Å². The summed E-state index contributed by atoms with van der Waals surface area (Å²) in [6.45, 7) is 0. The maximum Gasteiger partial charge on any atom is 0.231 e. The highest BCUT2D eigenvalue weighted by Crippen LogP contribution is 2.28. The van der Waals surface area contributed by atoms with Crippen LogP contribution in [0.25, 0.3) is 0 Å². The van der Waals surface area contributed by atoms with Crippen LogP contribution in [-0.4, -0.2) is 51.9 Å². The van der Waals surface area contributed by atoms with Gasteiger partial charge in [-0.2, -0.15) is 5.26 Å². The molecule has 1 atom stereocenters. The third-order valence-corrected chi connectivity index (χ3v) is 8.21. The Bertz CT molecular complexity index is 837. The van der Waals surface area contributed by atoms with Crippen molar-refractivity contribution in [3.63, 3.8) is 0 Å². The summed E-state index contributed by atoms with van der Waals surface area (Å²) in [5, 5.41) is 21.3. The van der Waals surface area contributed by atoms with Crippen LogP contribution in [0, 0.1) is 17.2 Å². The van der Waals surface area contributed by atoms with Gasteiger partial charge in [-0.05, 0) is 25.2 Å². The van der Waals surface area contributed by atoms with E-state index in [1.54, 1.807) is 0 Å². The van der Waals surface area contributed by atoms with Gasteiger partial charge < -0.3 is 9.88 Å². The number of rotatable bonds is 6. The first-order chi connectivity index (χ1) is 12.8. The minimum absolute atomic E-state index is 0.0841. The molecule has 3 rings (SSSR count). The van der Waals surface area contributed by atoms with Crippen LogP contribution in [0.15, 0.2) is 5.16 Å². The lowest BCUT2D eigenvalue weighted by Crippen LogP contribution is -2.49. The van der Waals surface area contributed by atoms with Crippen molar-refractivity contribution in [2.24, 2.45) is 13.0 Å². The summed E-state index contributed by atoms with van der Waals surface area (Å²) in [7, 11) is -1.08. The van der Waals surface area contributed by atoms with E-state index < -0.39 is 15.4 Å². The summed E-state index contributed by atoms with van der Waals surface area (Å²) in [6, 6.07) is 2.29. The summed E-state index contributed by atoms with van der Waals surface area (Å²) in [5.74, 6) is 1.28. The molecule has 0 radical (unpaired) electrons. The summed E-state index contributed by atoms with van der Waals surface area (Å²) < 4.78 is 25.0. The number of hydrogen-bond donors (Lipinski definition) is 1. The van der Waals surface area contributed by atoms with Gasteiger partial charge in [-0.15, -0.1) is 10.2 Å². The summed E-state index contributed by atoms with van der Waals surface area (Å²) in [6.07, 6.45) is 5.69. The molecule has 0 unspecified atom stereocenters. The predicted molar refractivity (Wildman–Crippen MR) is 102 cm³/mol. The Morgan fingerprint density at radius 1 is 1.37 bits per heavy atom. The molecule has 1 saturated heterocycles. The van der Waals surface area contributed by atoms with Crippen LogP contribution < -0.4 is 5.32 Å². The lowest BCUT2D eigenvalue weighted by Gasteiger charge is -2.31. The summed E-state index contributed by atoms with van der Waals surface area (Å²) >= 11 is 1.28. The molecule has 1 amide bonds. The Hall–Kier alpha value is -1.60. The van der Waals surface area contributed by atoms with Gasteiger partial charge in [-0.25, -0.2) is 8.42 Å². The summed E-state index contributed by atoms with van der Waals surface area (Å²) in [5.41, 5.74) is -0.727. The van der Waals surface area contributed by atoms with Gasteiger partial charge in [0.2, 0.25) is 5.91 Å². The fraction of sp³-hybridized carbons (Fsp3) is 0.765. The molecular weight excluding hydrogens is 386 g/mol. The molecular formula is C17H25N5O3S2. The molecule has 27 heavy (non-hydrogen) atoms. The Morgan fingerprint density at radius 2 is 2.11 bits per heavy atom. The standard InChI is InChI=1S/C17H25N5O3S2/c1-22-14(9-13-5-8-27(24,25)11-13)20-21-16(22)26-10-15(23)19-17(12-18)6-3-2-4-7-17/h13H,2-11H2,1H3,(H,19,23)/t13-/m1/s1. The molecule has 1 saturated carbocycles. The SMILES string of the molecule is Cn1c(C[C@H]2CCS(=O)(=O)C2)nnc1SCC(=O)NC1(C#N)CCCCC1. The molecule has 2 aliphatic rings. The Kier molecular flexibility index (Phi) is 6.11. The Labute approximate surface area is 164 Å². The zero-order valence-corrected chi connectivity index (χ0v) is 17.1. The first-order valence-electron chi connectivity index (χ1n) is 9.26. The van der Waals surface area contributed by atoms with Gasteiger partial charge in [0.25, 0.3) is 0 Å². The fourth-order valence-corrected chi connectivity index (χ4v) is 6.38. The van der Waals surface area contributed by atoms with Gasteiger partial charge in [0, 0.05) is 13.5 Å². The monoisotopic (exact) mass is 411 g/mol. The van der Waals surface area contributed by atoms with Crippen molar-refractivity contribution < 1.29 is 13.2 Å². The molecule has 10 heteroatoms. The number of thioether (sulfide) groups is 1. The normalized spacial score (nSPS) is 23.6. The molecule has 0 bridgehead atoms. The molecule has 0 aromatic carbocycles. The highest BCUT2D eigenvalue weighted by Gasteiger charge is 2.33. The second-order valence-electron chi connectivity index (χ2n) is 7.52. The number of carbonyl (C=O) groups excluding carboxylic acids is 1. The smallest absolute Gasteiger partial charge is 0.231 e. The Morgan fingerprint density at radius 3 is 2.74 bits per heavy atom. The van der Waals surface area contributed by atoms with Crippen molar-refractivity contribution in [3.05, 3.63) is 5.82 Å². The number of hydrogen-bond acceptors (Lipinski definition) is 7. The minimum atomic E-state index is -2.91. The molecule has 1 aliphatic carbocycles.